The molecule has 0 aliphatic carbocycles. The van der Waals surface area contributed by atoms with Crippen LogP contribution in [0.5, 0.6) is 11.5 Å². The van der Waals surface area contributed by atoms with Gasteiger partial charge in [0, 0.05) is 19.5 Å². The molecule has 0 amide bonds. The lowest BCUT2D eigenvalue weighted by atomic mass is 9.92. The number of carbonyl (C=O) groups is 1. The van der Waals surface area contributed by atoms with Crippen molar-refractivity contribution < 1.29 is 14.3 Å². The predicted molar refractivity (Wildman–Crippen MR) is 98.0 cm³/mol. The Bertz CT molecular complexity index is 622. The lowest BCUT2D eigenvalue weighted by Gasteiger charge is -2.31. The van der Waals surface area contributed by atoms with E-state index in [1.807, 2.05) is 23.1 Å². The third kappa shape index (κ3) is 5.52. The van der Waals surface area contributed by atoms with Gasteiger partial charge in [-0.1, -0.05) is 12.1 Å². The highest BCUT2D eigenvalue weighted by Gasteiger charge is 2.21. The second-order valence-corrected chi connectivity index (χ2v) is 6.31. The summed E-state index contributed by atoms with van der Waals surface area (Å²) in [5.74, 6) is 1.36. The normalized spacial score (nSPS) is 14.8. The number of ether oxygens (including phenoxy) is 2. The summed E-state index contributed by atoms with van der Waals surface area (Å²) < 4.78 is 10.8. The van der Waals surface area contributed by atoms with Crippen molar-refractivity contribution in [1.82, 2.24) is 4.90 Å². The molecule has 1 aliphatic heterocycles. The van der Waals surface area contributed by atoms with E-state index in [2.05, 4.69) is 6.58 Å². The number of nitrogens with two attached hydrogens (primary N) is 1. The van der Waals surface area contributed by atoms with E-state index in [1.165, 1.54) is 0 Å². The number of benzene rings is 1. The van der Waals surface area contributed by atoms with Crippen LogP contribution in [0, 0.1) is 11.3 Å². The zero-order valence-corrected chi connectivity index (χ0v) is 14.8. The average molecular weight is 345 g/mol. The Hall–Kier alpha value is -2.50. The number of hydrogen-bond acceptors (Lipinski definition) is 4. The average Bonchev–Trinajstić information content (AvgIpc) is 2.61. The monoisotopic (exact) mass is 345 g/mol. The molecule has 0 radical (unpaired) electrons. The second kappa shape index (κ2) is 9.11. The molecular formula is C19H27N3O3. The van der Waals surface area contributed by atoms with E-state index >= 15 is 0 Å². The van der Waals surface area contributed by atoms with Gasteiger partial charge < -0.3 is 20.1 Å². The van der Waals surface area contributed by atoms with Crippen molar-refractivity contribution in [3.8, 4) is 11.5 Å². The largest absolute Gasteiger partial charge is 0.493 e. The molecule has 1 aromatic carbocycles. The van der Waals surface area contributed by atoms with Crippen molar-refractivity contribution in [3.05, 3.63) is 36.4 Å². The van der Waals surface area contributed by atoms with E-state index in [9.17, 15) is 4.79 Å². The fourth-order valence-corrected chi connectivity index (χ4v) is 3.05. The molecule has 136 valence electrons. The summed E-state index contributed by atoms with van der Waals surface area (Å²) in [6.45, 7) is 5.29. The minimum atomic E-state index is -0.247. The molecule has 0 atom stereocenters. The summed E-state index contributed by atoms with van der Waals surface area (Å²) in [4.78, 5) is 14.0. The maximum Gasteiger partial charge on any atom is 0.311 e. The minimum Gasteiger partial charge on any atom is -0.493 e. The third-order valence-electron chi connectivity index (χ3n) is 4.54. The number of likely N-dealkylation sites (tertiary alicyclic amines) is 1. The molecule has 0 bridgehead atoms. The van der Waals surface area contributed by atoms with Gasteiger partial charge in [-0.3, -0.25) is 10.2 Å². The van der Waals surface area contributed by atoms with Crippen LogP contribution >= 0.6 is 0 Å². The topological polar surface area (TPSA) is 88.6 Å². The van der Waals surface area contributed by atoms with Crippen LogP contribution in [0.15, 0.2) is 30.9 Å². The highest BCUT2D eigenvalue weighted by atomic mass is 16.6. The molecule has 1 saturated heterocycles. The quantitative estimate of drug-likeness (QED) is 0.261. The Morgan fingerprint density at radius 1 is 1.40 bits per heavy atom. The molecule has 0 spiro atoms. The Labute approximate surface area is 149 Å². The first-order chi connectivity index (χ1) is 12.0. The van der Waals surface area contributed by atoms with E-state index in [0.717, 1.165) is 44.3 Å². The SMILES string of the molecule is C=CCc1ccc(OC(=O)CCC2CCN(C(=N)N)CC2)c(OC)c1. The van der Waals surface area contributed by atoms with Crippen molar-refractivity contribution in [1.29, 1.82) is 5.41 Å². The lowest BCUT2D eigenvalue weighted by Crippen LogP contribution is -2.42. The molecule has 0 saturated carbocycles. The molecule has 3 N–H and O–H groups in total. The van der Waals surface area contributed by atoms with Gasteiger partial charge in [0.1, 0.15) is 0 Å². The lowest BCUT2D eigenvalue weighted by molar-refractivity contribution is -0.134. The molecule has 1 aliphatic rings. The van der Waals surface area contributed by atoms with Gasteiger partial charge in [0.15, 0.2) is 17.5 Å². The van der Waals surface area contributed by atoms with Gasteiger partial charge in [0.25, 0.3) is 0 Å². The van der Waals surface area contributed by atoms with Gasteiger partial charge in [-0.15, -0.1) is 6.58 Å². The summed E-state index contributed by atoms with van der Waals surface area (Å²) in [6, 6.07) is 5.53. The van der Waals surface area contributed by atoms with Crippen LogP contribution in [0.2, 0.25) is 0 Å². The van der Waals surface area contributed by atoms with Crippen LogP contribution in [-0.4, -0.2) is 37.0 Å². The highest BCUT2D eigenvalue weighted by molar-refractivity contribution is 5.74. The first-order valence-corrected chi connectivity index (χ1v) is 8.61. The number of hydrogen-bond donors (Lipinski definition) is 2. The number of guanidine groups is 1. The van der Waals surface area contributed by atoms with Crippen LogP contribution in [-0.2, 0) is 11.2 Å². The molecular weight excluding hydrogens is 318 g/mol. The van der Waals surface area contributed by atoms with Gasteiger partial charge in [-0.05, 0) is 49.3 Å². The van der Waals surface area contributed by atoms with Gasteiger partial charge in [0.05, 0.1) is 7.11 Å². The van der Waals surface area contributed by atoms with Crippen molar-refractivity contribution in [2.75, 3.05) is 20.2 Å². The molecule has 0 unspecified atom stereocenters. The molecule has 2 rings (SSSR count). The number of allylic oxidation sites excluding steroid dienone is 1. The second-order valence-electron chi connectivity index (χ2n) is 6.31. The van der Waals surface area contributed by atoms with E-state index in [-0.39, 0.29) is 11.9 Å². The Balaban J connectivity index is 1.82. The van der Waals surface area contributed by atoms with Crippen LogP contribution in [0.3, 0.4) is 0 Å². The molecule has 25 heavy (non-hydrogen) atoms. The minimum absolute atomic E-state index is 0.129. The summed E-state index contributed by atoms with van der Waals surface area (Å²) in [6.07, 6.45) is 5.63. The van der Waals surface area contributed by atoms with Crippen molar-refractivity contribution >= 4 is 11.9 Å². The maximum absolute atomic E-state index is 12.1. The first-order valence-electron chi connectivity index (χ1n) is 8.61. The Morgan fingerprint density at radius 3 is 2.72 bits per heavy atom. The number of nitrogens with one attached hydrogen (secondary N) is 1. The fraction of sp³-hybridized carbons (Fsp3) is 0.474. The smallest absolute Gasteiger partial charge is 0.311 e. The molecule has 6 nitrogen and oxygen atoms in total. The zero-order valence-electron chi connectivity index (χ0n) is 14.8. The van der Waals surface area contributed by atoms with E-state index in [4.69, 9.17) is 20.6 Å². The van der Waals surface area contributed by atoms with Crippen LogP contribution in [0.4, 0.5) is 0 Å². The first kappa shape index (κ1) is 18.8. The number of methoxy groups -OCH3 is 1. The summed E-state index contributed by atoms with van der Waals surface area (Å²) in [5, 5.41) is 7.44. The maximum atomic E-state index is 12.1. The molecule has 0 aromatic heterocycles. The summed E-state index contributed by atoms with van der Waals surface area (Å²) in [7, 11) is 1.56. The van der Waals surface area contributed by atoms with E-state index in [1.54, 1.807) is 13.2 Å². The van der Waals surface area contributed by atoms with Crippen molar-refractivity contribution in [3.63, 3.8) is 0 Å². The number of nitrogens with zero attached hydrogens (tertiary/aromatic N) is 1. The number of esters is 1. The van der Waals surface area contributed by atoms with E-state index in [0.29, 0.717) is 23.8 Å². The van der Waals surface area contributed by atoms with Crippen molar-refractivity contribution in [2.45, 2.75) is 32.1 Å². The molecule has 6 heteroatoms. The molecule has 1 fully saturated rings. The summed E-state index contributed by atoms with van der Waals surface area (Å²) >= 11 is 0. The van der Waals surface area contributed by atoms with Gasteiger partial charge in [-0.25, -0.2) is 0 Å². The van der Waals surface area contributed by atoms with Crippen LogP contribution in [0.25, 0.3) is 0 Å². The fourth-order valence-electron chi connectivity index (χ4n) is 3.05. The third-order valence-corrected chi connectivity index (χ3v) is 4.54. The summed E-state index contributed by atoms with van der Waals surface area (Å²) in [5.41, 5.74) is 6.55. The van der Waals surface area contributed by atoms with Gasteiger partial charge in [-0.2, -0.15) is 0 Å². The molecule has 1 aromatic rings. The van der Waals surface area contributed by atoms with Crippen molar-refractivity contribution in [2.24, 2.45) is 11.7 Å². The molecule has 1 heterocycles. The number of piperidine rings is 1. The van der Waals surface area contributed by atoms with Crippen LogP contribution in [0.1, 0.15) is 31.2 Å². The van der Waals surface area contributed by atoms with E-state index < -0.39 is 0 Å². The van der Waals surface area contributed by atoms with Gasteiger partial charge >= 0.3 is 5.97 Å². The number of carbonyl (C=O) groups excluding carboxylic acids is 1. The zero-order chi connectivity index (χ0) is 18.2. The number of rotatable bonds is 7. The Morgan fingerprint density at radius 2 is 2.12 bits per heavy atom. The highest BCUT2D eigenvalue weighted by Crippen LogP contribution is 2.29. The van der Waals surface area contributed by atoms with Gasteiger partial charge in [0.2, 0.25) is 0 Å². The van der Waals surface area contributed by atoms with Crippen LogP contribution < -0.4 is 15.2 Å². The Kier molecular flexibility index (Phi) is 6.86. The standard InChI is InChI=1S/C19H27N3O3/c1-3-4-15-5-7-16(17(13-15)24-2)25-18(23)8-6-14-9-11-22(12-10-14)19(20)21/h3,5,7,13-14H,1,4,6,8-12H2,2H3,(H3,20,21). The predicted octanol–water partition coefficient (Wildman–Crippen LogP) is 2.71.